The van der Waals surface area contributed by atoms with Crippen molar-refractivity contribution in [3.63, 3.8) is 0 Å². The third kappa shape index (κ3) is 3.06. The third-order valence-corrected chi connectivity index (χ3v) is 3.82. The van der Waals surface area contributed by atoms with E-state index in [9.17, 15) is 5.11 Å². The van der Waals surface area contributed by atoms with Crippen molar-refractivity contribution in [3.05, 3.63) is 40.4 Å². The molecule has 0 bridgehead atoms. The molecule has 3 rings (SSSR count). The lowest BCUT2D eigenvalue weighted by molar-refractivity contribution is 0.171. The molecule has 1 aliphatic heterocycles. The Labute approximate surface area is 136 Å². The van der Waals surface area contributed by atoms with E-state index >= 15 is 0 Å². The number of nitrogens with one attached hydrogen (secondary N) is 1. The predicted molar refractivity (Wildman–Crippen MR) is 87.1 cm³/mol. The summed E-state index contributed by atoms with van der Waals surface area (Å²) in [5.74, 6) is 2.06. The highest BCUT2D eigenvalue weighted by atomic mass is 79.9. The van der Waals surface area contributed by atoms with E-state index in [4.69, 9.17) is 14.2 Å². The monoisotopic (exact) mass is 365 g/mol. The summed E-state index contributed by atoms with van der Waals surface area (Å²) in [6, 6.07) is 9.25. The fourth-order valence-electron chi connectivity index (χ4n) is 2.27. The Morgan fingerprint density at radius 1 is 1.18 bits per heavy atom. The Morgan fingerprint density at radius 3 is 2.73 bits per heavy atom. The number of anilines is 1. The molecular weight excluding hydrogens is 350 g/mol. The lowest BCUT2D eigenvalue weighted by Gasteiger charge is -2.19. The van der Waals surface area contributed by atoms with E-state index in [0.717, 1.165) is 27.2 Å². The molecule has 0 aromatic heterocycles. The van der Waals surface area contributed by atoms with Crippen molar-refractivity contribution < 1.29 is 19.3 Å². The minimum atomic E-state index is 0.135. The normalized spacial score (nSPS) is 12.8. The molecule has 0 aliphatic carbocycles. The molecule has 2 aromatic rings. The third-order valence-electron chi connectivity index (χ3n) is 3.36. The summed E-state index contributed by atoms with van der Waals surface area (Å²) in [4.78, 5) is 0. The standard InChI is InChI=1S/C16H16BrNO4/c1-20-15-7-11(17)6-10(16(15)19)9-18-12-2-3-13-14(8-12)22-5-4-21-13/h2-3,6-8,18-19H,4-5,9H2,1H3. The lowest BCUT2D eigenvalue weighted by Crippen LogP contribution is -2.15. The summed E-state index contributed by atoms with van der Waals surface area (Å²) < 4.78 is 17.0. The van der Waals surface area contributed by atoms with E-state index < -0.39 is 0 Å². The van der Waals surface area contributed by atoms with Crippen molar-refractivity contribution in [3.8, 4) is 23.0 Å². The first kappa shape index (κ1) is 14.8. The lowest BCUT2D eigenvalue weighted by atomic mass is 10.1. The Kier molecular flexibility index (Phi) is 4.29. The summed E-state index contributed by atoms with van der Waals surface area (Å²) in [6.07, 6.45) is 0. The van der Waals surface area contributed by atoms with Gasteiger partial charge in [-0.15, -0.1) is 0 Å². The van der Waals surface area contributed by atoms with E-state index in [1.807, 2.05) is 24.3 Å². The van der Waals surface area contributed by atoms with Gasteiger partial charge < -0.3 is 24.6 Å². The fourth-order valence-corrected chi connectivity index (χ4v) is 2.75. The summed E-state index contributed by atoms with van der Waals surface area (Å²) in [7, 11) is 1.53. The highest BCUT2D eigenvalue weighted by molar-refractivity contribution is 9.10. The molecule has 0 unspecified atom stereocenters. The maximum atomic E-state index is 10.2. The van der Waals surface area contributed by atoms with Crippen LogP contribution in [0.4, 0.5) is 5.69 Å². The van der Waals surface area contributed by atoms with Gasteiger partial charge in [-0.25, -0.2) is 0 Å². The Hall–Kier alpha value is -2.08. The number of hydrogen-bond acceptors (Lipinski definition) is 5. The van der Waals surface area contributed by atoms with Gasteiger partial charge in [-0.1, -0.05) is 15.9 Å². The number of hydrogen-bond donors (Lipinski definition) is 2. The minimum Gasteiger partial charge on any atom is -0.504 e. The summed E-state index contributed by atoms with van der Waals surface area (Å²) in [5.41, 5.74) is 1.63. The highest BCUT2D eigenvalue weighted by Gasteiger charge is 2.13. The molecule has 2 aromatic carbocycles. The number of ether oxygens (including phenoxy) is 3. The quantitative estimate of drug-likeness (QED) is 0.867. The van der Waals surface area contributed by atoms with Gasteiger partial charge in [0.25, 0.3) is 0 Å². The van der Waals surface area contributed by atoms with Gasteiger partial charge in [-0.2, -0.15) is 0 Å². The number of aromatic hydroxyl groups is 1. The SMILES string of the molecule is COc1cc(Br)cc(CNc2ccc3c(c2)OCCO3)c1O. The molecule has 0 saturated carbocycles. The Balaban J connectivity index is 1.76. The zero-order valence-electron chi connectivity index (χ0n) is 12.1. The molecule has 5 nitrogen and oxygen atoms in total. The first-order chi connectivity index (χ1) is 10.7. The Morgan fingerprint density at radius 2 is 1.95 bits per heavy atom. The van der Waals surface area contributed by atoms with Crippen molar-refractivity contribution in [2.75, 3.05) is 25.6 Å². The van der Waals surface area contributed by atoms with Gasteiger partial charge in [0.1, 0.15) is 13.2 Å². The number of fused-ring (bicyclic) bond motifs is 1. The second kappa shape index (κ2) is 6.36. The molecule has 0 atom stereocenters. The zero-order valence-corrected chi connectivity index (χ0v) is 13.6. The number of methoxy groups -OCH3 is 1. The summed E-state index contributed by atoms with van der Waals surface area (Å²) in [6.45, 7) is 1.59. The van der Waals surface area contributed by atoms with E-state index in [0.29, 0.717) is 25.5 Å². The minimum absolute atomic E-state index is 0.135. The molecule has 22 heavy (non-hydrogen) atoms. The van der Waals surface area contributed by atoms with Crippen LogP contribution < -0.4 is 19.5 Å². The van der Waals surface area contributed by atoms with E-state index in [1.54, 1.807) is 6.07 Å². The van der Waals surface area contributed by atoms with E-state index in [-0.39, 0.29) is 5.75 Å². The molecule has 0 fully saturated rings. The second-order valence-corrected chi connectivity index (χ2v) is 5.74. The smallest absolute Gasteiger partial charge is 0.163 e. The number of halogens is 1. The summed E-state index contributed by atoms with van der Waals surface area (Å²) >= 11 is 3.41. The molecule has 0 saturated heterocycles. The van der Waals surface area contributed by atoms with Crippen LogP contribution in [0.3, 0.4) is 0 Å². The van der Waals surface area contributed by atoms with Crippen LogP contribution in [0.5, 0.6) is 23.0 Å². The van der Waals surface area contributed by atoms with Crippen molar-refractivity contribution >= 4 is 21.6 Å². The fraction of sp³-hybridized carbons (Fsp3) is 0.250. The van der Waals surface area contributed by atoms with Gasteiger partial charge >= 0.3 is 0 Å². The average molecular weight is 366 g/mol. The molecule has 116 valence electrons. The molecule has 1 heterocycles. The number of phenols is 1. The molecule has 0 radical (unpaired) electrons. The molecule has 1 aliphatic rings. The first-order valence-electron chi connectivity index (χ1n) is 6.86. The van der Waals surface area contributed by atoms with Crippen LogP contribution in [0.15, 0.2) is 34.8 Å². The largest absolute Gasteiger partial charge is 0.504 e. The second-order valence-electron chi connectivity index (χ2n) is 4.83. The average Bonchev–Trinajstić information content (AvgIpc) is 2.55. The van der Waals surface area contributed by atoms with Gasteiger partial charge in [-0.05, 0) is 24.3 Å². The van der Waals surface area contributed by atoms with Crippen LogP contribution >= 0.6 is 15.9 Å². The van der Waals surface area contributed by atoms with Crippen LogP contribution in [0.25, 0.3) is 0 Å². The molecule has 6 heteroatoms. The van der Waals surface area contributed by atoms with Crippen LogP contribution in [0.2, 0.25) is 0 Å². The Bertz CT molecular complexity index is 690. The van der Waals surface area contributed by atoms with E-state index in [2.05, 4.69) is 21.2 Å². The van der Waals surface area contributed by atoms with Crippen molar-refractivity contribution in [1.82, 2.24) is 0 Å². The number of phenolic OH excluding ortho intramolecular Hbond substituents is 1. The van der Waals surface area contributed by atoms with Crippen LogP contribution in [0.1, 0.15) is 5.56 Å². The zero-order chi connectivity index (χ0) is 15.5. The van der Waals surface area contributed by atoms with Crippen molar-refractivity contribution in [2.24, 2.45) is 0 Å². The molecule has 0 amide bonds. The van der Waals surface area contributed by atoms with Crippen LogP contribution in [-0.2, 0) is 6.54 Å². The number of benzene rings is 2. The topological polar surface area (TPSA) is 60.0 Å². The summed E-state index contributed by atoms with van der Waals surface area (Å²) in [5, 5.41) is 13.4. The molecular formula is C16H16BrNO4. The van der Waals surface area contributed by atoms with Crippen molar-refractivity contribution in [2.45, 2.75) is 6.54 Å². The number of rotatable bonds is 4. The molecule has 2 N–H and O–H groups in total. The van der Waals surface area contributed by atoms with Crippen LogP contribution in [-0.4, -0.2) is 25.4 Å². The van der Waals surface area contributed by atoms with Crippen molar-refractivity contribution in [1.29, 1.82) is 0 Å². The van der Waals surface area contributed by atoms with Crippen LogP contribution in [0, 0.1) is 0 Å². The highest BCUT2D eigenvalue weighted by Crippen LogP contribution is 2.35. The van der Waals surface area contributed by atoms with Gasteiger partial charge in [0.15, 0.2) is 23.0 Å². The van der Waals surface area contributed by atoms with E-state index in [1.165, 1.54) is 7.11 Å². The maximum Gasteiger partial charge on any atom is 0.163 e. The van der Waals surface area contributed by atoms with Gasteiger partial charge in [0, 0.05) is 28.3 Å². The van der Waals surface area contributed by atoms with Gasteiger partial charge in [0.05, 0.1) is 7.11 Å². The maximum absolute atomic E-state index is 10.2. The van der Waals surface area contributed by atoms with Gasteiger partial charge in [-0.3, -0.25) is 0 Å². The first-order valence-corrected chi connectivity index (χ1v) is 7.65. The van der Waals surface area contributed by atoms with Gasteiger partial charge in [0.2, 0.25) is 0 Å². The molecule has 0 spiro atoms. The predicted octanol–water partition coefficient (Wildman–Crippen LogP) is 3.55.